The van der Waals surface area contributed by atoms with Crippen molar-refractivity contribution in [1.82, 2.24) is 4.90 Å². The molecule has 3 aromatic rings. The predicted octanol–water partition coefficient (Wildman–Crippen LogP) is 5.29. The van der Waals surface area contributed by atoms with Crippen molar-refractivity contribution in [2.75, 3.05) is 30.8 Å². The number of nitrogens with zero attached hydrogens (tertiary/aromatic N) is 1. The Labute approximate surface area is 194 Å². The van der Waals surface area contributed by atoms with Crippen LogP contribution in [0.25, 0.3) is 11.0 Å². The normalized spacial score (nSPS) is 15.0. The maximum absolute atomic E-state index is 12.5. The van der Waals surface area contributed by atoms with Gasteiger partial charge in [0.05, 0.1) is 0 Å². The summed E-state index contributed by atoms with van der Waals surface area (Å²) in [5.74, 6) is 0.721. The van der Waals surface area contributed by atoms with Crippen LogP contribution >= 0.6 is 15.9 Å². The number of hydrogen-bond donors (Lipinski definition) is 2. The van der Waals surface area contributed by atoms with Gasteiger partial charge in [0, 0.05) is 34.2 Å². The first kappa shape index (κ1) is 22.4. The van der Waals surface area contributed by atoms with Gasteiger partial charge in [-0.3, -0.25) is 0 Å². The van der Waals surface area contributed by atoms with Gasteiger partial charge in [-0.1, -0.05) is 22.0 Å². The minimum absolute atomic E-state index is 0.0737. The van der Waals surface area contributed by atoms with Crippen LogP contribution in [0.15, 0.2) is 50.1 Å². The maximum atomic E-state index is 12.5. The van der Waals surface area contributed by atoms with E-state index in [9.17, 15) is 9.59 Å². The quantitative estimate of drug-likeness (QED) is 0.476. The molecule has 1 saturated heterocycles. The van der Waals surface area contributed by atoms with Crippen LogP contribution < -0.4 is 21.0 Å². The standard InChI is InChI=1S/C24H26BrN3O4/c1-14-4-6-17(13-19(14)25)26-24(30)27-20-12-16-5-7-21(15(2)22(16)32-23(20)29)31-18-8-10-28(3)11-9-18/h4-7,12-13,18H,8-11H2,1-3H3,(H2,26,27,30). The second kappa shape index (κ2) is 9.34. The van der Waals surface area contributed by atoms with Crippen LogP contribution in [0.2, 0.25) is 0 Å². The van der Waals surface area contributed by atoms with Gasteiger partial charge in [0.2, 0.25) is 0 Å². The average molecular weight is 500 g/mol. The van der Waals surface area contributed by atoms with E-state index in [1.807, 2.05) is 32.0 Å². The number of amides is 2. The lowest BCUT2D eigenvalue weighted by Crippen LogP contribution is -2.35. The van der Waals surface area contributed by atoms with Crippen LogP contribution in [0.1, 0.15) is 24.0 Å². The molecule has 4 rings (SSSR count). The number of urea groups is 1. The third kappa shape index (κ3) is 4.97. The van der Waals surface area contributed by atoms with Crippen LogP contribution in [0.5, 0.6) is 5.75 Å². The highest BCUT2D eigenvalue weighted by Crippen LogP contribution is 2.30. The Bertz CT molecular complexity index is 1220. The number of fused-ring (bicyclic) bond motifs is 1. The van der Waals surface area contributed by atoms with Crippen LogP contribution in [0.4, 0.5) is 16.2 Å². The summed E-state index contributed by atoms with van der Waals surface area (Å²) >= 11 is 3.44. The molecular formula is C24H26BrN3O4. The lowest BCUT2D eigenvalue weighted by Gasteiger charge is -2.29. The number of halogens is 1. The zero-order valence-electron chi connectivity index (χ0n) is 18.3. The summed E-state index contributed by atoms with van der Waals surface area (Å²) < 4.78 is 12.6. The van der Waals surface area contributed by atoms with Crippen LogP contribution in [-0.4, -0.2) is 37.2 Å². The molecule has 1 aliphatic rings. The molecule has 0 radical (unpaired) electrons. The summed E-state index contributed by atoms with van der Waals surface area (Å²) in [7, 11) is 2.11. The molecule has 0 aliphatic carbocycles. The van der Waals surface area contributed by atoms with Crippen molar-refractivity contribution >= 4 is 44.3 Å². The van der Waals surface area contributed by atoms with Gasteiger partial charge < -0.3 is 24.7 Å². The Morgan fingerprint density at radius 1 is 1.12 bits per heavy atom. The third-order valence-electron chi connectivity index (χ3n) is 5.74. The first-order chi connectivity index (χ1) is 15.3. The summed E-state index contributed by atoms with van der Waals surface area (Å²) in [6.07, 6.45) is 2.08. The smallest absolute Gasteiger partial charge is 0.360 e. The molecule has 0 saturated carbocycles. The topological polar surface area (TPSA) is 83.8 Å². The molecule has 2 aromatic carbocycles. The van der Waals surface area contributed by atoms with E-state index in [0.717, 1.165) is 47.3 Å². The molecule has 168 valence electrons. The van der Waals surface area contributed by atoms with Crippen LogP contribution in [0, 0.1) is 13.8 Å². The van der Waals surface area contributed by atoms with Gasteiger partial charge >= 0.3 is 11.7 Å². The Hall–Kier alpha value is -2.84. The molecule has 8 heteroatoms. The van der Waals surface area contributed by atoms with Gasteiger partial charge in [0.1, 0.15) is 23.1 Å². The summed E-state index contributed by atoms with van der Waals surface area (Å²) in [4.78, 5) is 27.2. The van der Waals surface area contributed by atoms with Gasteiger partial charge in [-0.2, -0.15) is 0 Å². The Morgan fingerprint density at radius 3 is 2.59 bits per heavy atom. The Kier molecular flexibility index (Phi) is 6.53. The molecule has 1 fully saturated rings. The molecule has 1 aromatic heterocycles. The van der Waals surface area contributed by atoms with E-state index in [1.54, 1.807) is 18.2 Å². The first-order valence-corrected chi connectivity index (χ1v) is 11.4. The fourth-order valence-corrected chi connectivity index (χ4v) is 4.14. The minimum Gasteiger partial charge on any atom is -0.490 e. The number of piperidine rings is 1. The van der Waals surface area contributed by atoms with Crippen molar-refractivity contribution in [2.24, 2.45) is 0 Å². The third-order valence-corrected chi connectivity index (χ3v) is 6.59. The number of carbonyl (C=O) groups is 1. The molecule has 2 N–H and O–H groups in total. The van der Waals surface area contributed by atoms with E-state index < -0.39 is 11.7 Å². The van der Waals surface area contributed by atoms with E-state index in [4.69, 9.17) is 9.15 Å². The van der Waals surface area contributed by atoms with Crippen LogP contribution in [0.3, 0.4) is 0 Å². The van der Waals surface area contributed by atoms with E-state index in [2.05, 4.69) is 38.5 Å². The van der Waals surface area contributed by atoms with E-state index in [-0.39, 0.29) is 11.8 Å². The second-order valence-corrected chi connectivity index (χ2v) is 9.07. The highest BCUT2D eigenvalue weighted by Gasteiger charge is 2.20. The van der Waals surface area contributed by atoms with E-state index in [1.165, 1.54) is 0 Å². The fraction of sp³-hybridized carbons (Fsp3) is 0.333. The molecule has 1 aliphatic heterocycles. The van der Waals surface area contributed by atoms with Gasteiger partial charge in [0.25, 0.3) is 0 Å². The van der Waals surface area contributed by atoms with Crippen molar-refractivity contribution in [1.29, 1.82) is 0 Å². The molecular weight excluding hydrogens is 474 g/mol. The van der Waals surface area contributed by atoms with Crippen molar-refractivity contribution in [3.8, 4) is 5.75 Å². The number of aryl methyl sites for hydroxylation is 2. The second-order valence-electron chi connectivity index (χ2n) is 8.22. The lowest BCUT2D eigenvalue weighted by atomic mass is 10.1. The summed E-state index contributed by atoms with van der Waals surface area (Å²) in [5.41, 5.74) is 2.37. The van der Waals surface area contributed by atoms with Gasteiger partial charge in [-0.25, -0.2) is 9.59 Å². The molecule has 2 amide bonds. The molecule has 2 heterocycles. The highest BCUT2D eigenvalue weighted by molar-refractivity contribution is 9.10. The molecule has 0 atom stereocenters. The molecule has 0 bridgehead atoms. The lowest BCUT2D eigenvalue weighted by molar-refractivity contribution is 0.113. The molecule has 0 spiro atoms. The Morgan fingerprint density at radius 2 is 1.88 bits per heavy atom. The van der Waals surface area contributed by atoms with Gasteiger partial charge in [-0.15, -0.1) is 0 Å². The van der Waals surface area contributed by atoms with Crippen LogP contribution in [-0.2, 0) is 0 Å². The number of hydrogen-bond acceptors (Lipinski definition) is 5. The van der Waals surface area contributed by atoms with Crippen molar-refractivity contribution < 1.29 is 13.9 Å². The summed E-state index contributed by atoms with van der Waals surface area (Å²) in [5, 5.41) is 6.01. The maximum Gasteiger partial charge on any atom is 0.360 e. The first-order valence-electron chi connectivity index (χ1n) is 10.6. The average Bonchev–Trinajstić information content (AvgIpc) is 2.75. The molecule has 7 nitrogen and oxygen atoms in total. The van der Waals surface area contributed by atoms with Crippen molar-refractivity contribution in [2.45, 2.75) is 32.8 Å². The molecule has 32 heavy (non-hydrogen) atoms. The van der Waals surface area contributed by atoms with Crippen molar-refractivity contribution in [3.63, 3.8) is 0 Å². The molecule has 0 unspecified atom stereocenters. The van der Waals surface area contributed by atoms with E-state index in [0.29, 0.717) is 16.7 Å². The highest BCUT2D eigenvalue weighted by atomic mass is 79.9. The fourth-order valence-electron chi connectivity index (χ4n) is 3.76. The largest absolute Gasteiger partial charge is 0.490 e. The number of benzene rings is 2. The van der Waals surface area contributed by atoms with E-state index >= 15 is 0 Å². The summed E-state index contributed by atoms with van der Waals surface area (Å²) in [6.45, 7) is 5.84. The number of nitrogens with one attached hydrogen (secondary N) is 2. The number of ether oxygens (including phenoxy) is 1. The SMILES string of the molecule is Cc1ccc(NC(=O)Nc2cc3ccc(OC4CCN(C)CC4)c(C)c3oc2=O)cc1Br. The predicted molar refractivity (Wildman–Crippen MR) is 130 cm³/mol. The minimum atomic E-state index is -0.614. The number of carbonyl (C=O) groups excluding carboxylic acids is 1. The zero-order chi connectivity index (χ0) is 22.8. The van der Waals surface area contributed by atoms with Gasteiger partial charge in [0.15, 0.2) is 0 Å². The summed E-state index contributed by atoms with van der Waals surface area (Å²) in [6, 6.07) is 10.3. The zero-order valence-corrected chi connectivity index (χ0v) is 19.9. The monoisotopic (exact) mass is 499 g/mol. The number of likely N-dealkylation sites (tertiary alicyclic amines) is 1. The van der Waals surface area contributed by atoms with Crippen molar-refractivity contribution in [3.05, 3.63) is 62.4 Å². The number of rotatable bonds is 4. The Balaban J connectivity index is 1.51. The number of anilines is 2. The van der Waals surface area contributed by atoms with Gasteiger partial charge in [-0.05, 0) is 69.6 Å².